The molecule has 1 N–H and O–H groups in total. The van der Waals surface area contributed by atoms with Crippen molar-refractivity contribution < 1.29 is 8.78 Å². The lowest BCUT2D eigenvalue weighted by Crippen LogP contribution is -2.50. The highest BCUT2D eigenvalue weighted by atomic mass is 19.3. The van der Waals surface area contributed by atoms with Crippen LogP contribution in [-0.4, -0.2) is 43.5 Å². The third-order valence-corrected chi connectivity index (χ3v) is 3.05. The summed E-state index contributed by atoms with van der Waals surface area (Å²) in [6, 6.07) is 2.22. The van der Waals surface area contributed by atoms with Crippen LogP contribution in [0.15, 0.2) is 0 Å². The van der Waals surface area contributed by atoms with Gasteiger partial charge in [0, 0.05) is 19.1 Å². The molecule has 0 aromatic carbocycles. The first kappa shape index (κ1) is 13.3. The van der Waals surface area contributed by atoms with Crippen molar-refractivity contribution in [3.8, 4) is 6.07 Å². The lowest BCUT2D eigenvalue weighted by molar-refractivity contribution is 0.114. The minimum absolute atomic E-state index is 0.0982. The molecule has 1 fully saturated rings. The molecule has 3 nitrogen and oxygen atoms in total. The Balaban J connectivity index is 2.41. The van der Waals surface area contributed by atoms with Crippen LogP contribution in [0.25, 0.3) is 0 Å². The van der Waals surface area contributed by atoms with Crippen LogP contribution in [0.2, 0.25) is 0 Å². The molecule has 2 atom stereocenters. The summed E-state index contributed by atoms with van der Waals surface area (Å²) in [4.78, 5) is 2.04. The Morgan fingerprint density at radius 1 is 1.50 bits per heavy atom. The fourth-order valence-electron chi connectivity index (χ4n) is 2.23. The van der Waals surface area contributed by atoms with Crippen LogP contribution in [0.1, 0.15) is 19.8 Å². The SMILES string of the molecule is CCC1CC(NCC(F)F)CN(CC#N)C1. The van der Waals surface area contributed by atoms with E-state index in [0.29, 0.717) is 19.0 Å². The molecule has 2 unspecified atom stereocenters. The second-order valence-electron chi connectivity index (χ2n) is 4.36. The average Bonchev–Trinajstić information content (AvgIpc) is 2.26. The van der Waals surface area contributed by atoms with Gasteiger partial charge >= 0.3 is 0 Å². The van der Waals surface area contributed by atoms with E-state index in [1.54, 1.807) is 0 Å². The number of nitrogens with zero attached hydrogens (tertiary/aromatic N) is 2. The Labute approximate surface area is 95.4 Å². The molecule has 0 bridgehead atoms. The first-order valence-electron chi connectivity index (χ1n) is 5.76. The van der Waals surface area contributed by atoms with E-state index in [1.807, 2.05) is 4.90 Å². The van der Waals surface area contributed by atoms with Gasteiger partial charge in [-0.1, -0.05) is 13.3 Å². The largest absolute Gasteiger partial charge is 0.307 e. The standard InChI is InChI=1S/C11H19F2N3/c1-2-9-5-10(15-6-11(12)13)8-16(7-9)4-3-14/h9-11,15H,2,4-8H2,1H3. The second-order valence-corrected chi connectivity index (χ2v) is 4.36. The third kappa shape index (κ3) is 4.42. The number of piperidine rings is 1. The van der Waals surface area contributed by atoms with Crippen molar-refractivity contribution in [3.05, 3.63) is 0 Å². The Morgan fingerprint density at radius 3 is 2.81 bits per heavy atom. The molecule has 1 rings (SSSR count). The number of nitriles is 1. The fraction of sp³-hybridized carbons (Fsp3) is 0.909. The summed E-state index contributed by atoms with van der Waals surface area (Å²) >= 11 is 0. The molecule has 5 heteroatoms. The highest BCUT2D eigenvalue weighted by Gasteiger charge is 2.26. The van der Waals surface area contributed by atoms with Gasteiger partial charge in [-0.05, 0) is 12.3 Å². The van der Waals surface area contributed by atoms with Crippen molar-refractivity contribution in [2.45, 2.75) is 32.2 Å². The van der Waals surface area contributed by atoms with Crippen LogP contribution >= 0.6 is 0 Å². The predicted octanol–water partition coefficient (Wildman–Crippen LogP) is 1.47. The van der Waals surface area contributed by atoms with Crippen LogP contribution in [0.4, 0.5) is 8.78 Å². The smallest absolute Gasteiger partial charge is 0.250 e. The van der Waals surface area contributed by atoms with E-state index in [4.69, 9.17) is 5.26 Å². The van der Waals surface area contributed by atoms with Crippen LogP contribution in [0, 0.1) is 17.2 Å². The van der Waals surface area contributed by atoms with Crippen molar-refractivity contribution in [2.75, 3.05) is 26.2 Å². The fourth-order valence-corrected chi connectivity index (χ4v) is 2.23. The molecule has 92 valence electrons. The third-order valence-electron chi connectivity index (χ3n) is 3.05. The van der Waals surface area contributed by atoms with E-state index in [9.17, 15) is 8.78 Å². The van der Waals surface area contributed by atoms with E-state index < -0.39 is 6.43 Å². The van der Waals surface area contributed by atoms with Gasteiger partial charge in [-0.25, -0.2) is 8.78 Å². The van der Waals surface area contributed by atoms with E-state index >= 15 is 0 Å². The van der Waals surface area contributed by atoms with Crippen molar-refractivity contribution in [3.63, 3.8) is 0 Å². The monoisotopic (exact) mass is 231 g/mol. The minimum Gasteiger partial charge on any atom is -0.307 e. The number of rotatable bonds is 5. The molecule has 16 heavy (non-hydrogen) atoms. The molecule has 1 saturated heterocycles. The quantitative estimate of drug-likeness (QED) is 0.728. The molecule has 0 aromatic heterocycles. The van der Waals surface area contributed by atoms with Gasteiger partial charge in [0.2, 0.25) is 0 Å². The molecule has 0 amide bonds. The highest BCUT2D eigenvalue weighted by Crippen LogP contribution is 2.19. The van der Waals surface area contributed by atoms with Gasteiger partial charge in [-0.3, -0.25) is 4.90 Å². The Hall–Kier alpha value is -0.730. The lowest BCUT2D eigenvalue weighted by atomic mass is 9.92. The molecular formula is C11H19F2N3. The van der Waals surface area contributed by atoms with Gasteiger partial charge in [-0.15, -0.1) is 0 Å². The number of nitrogens with one attached hydrogen (secondary N) is 1. The van der Waals surface area contributed by atoms with Gasteiger partial charge in [0.1, 0.15) is 0 Å². The van der Waals surface area contributed by atoms with Crippen molar-refractivity contribution >= 4 is 0 Å². The summed E-state index contributed by atoms with van der Waals surface area (Å²) in [5, 5.41) is 11.5. The van der Waals surface area contributed by atoms with E-state index in [-0.39, 0.29) is 12.6 Å². The number of halogens is 2. The Kier molecular flexibility index (Phi) is 5.64. The number of hydrogen-bond donors (Lipinski definition) is 1. The minimum atomic E-state index is -2.30. The molecule has 1 heterocycles. The zero-order chi connectivity index (χ0) is 12.0. The summed E-state index contributed by atoms with van der Waals surface area (Å²) in [7, 11) is 0. The van der Waals surface area contributed by atoms with Crippen molar-refractivity contribution in [2.24, 2.45) is 5.92 Å². The predicted molar refractivity (Wildman–Crippen MR) is 58.2 cm³/mol. The van der Waals surface area contributed by atoms with Crippen LogP contribution in [0.3, 0.4) is 0 Å². The molecule has 0 aromatic rings. The van der Waals surface area contributed by atoms with Crippen LogP contribution in [-0.2, 0) is 0 Å². The maximum atomic E-state index is 12.1. The first-order valence-corrected chi connectivity index (χ1v) is 5.76. The number of alkyl halides is 2. The van der Waals surface area contributed by atoms with E-state index in [1.165, 1.54) is 0 Å². The zero-order valence-corrected chi connectivity index (χ0v) is 9.63. The van der Waals surface area contributed by atoms with Crippen LogP contribution < -0.4 is 5.32 Å². The summed E-state index contributed by atoms with van der Waals surface area (Å²) in [5.41, 5.74) is 0. The Bertz CT molecular complexity index is 240. The number of hydrogen-bond acceptors (Lipinski definition) is 3. The molecular weight excluding hydrogens is 212 g/mol. The van der Waals surface area contributed by atoms with Gasteiger partial charge in [0.25, 0.3) is 6.43 Å². The first-order chi connectivity index (χ1) is 7.65. The average molecular weight is 231 g/mol. The van der Waals surface area contributed by atoms with Crippen LogP contribution in [0.5, 0.6) is 0 Å². The van der Waals surface area contributed by atoms with Gasteiger partial charge in [0.15, 0.2) is 0 Å². The molecule has 0 aliphatic carbocycles. The summed E-state index contributed by atoms with van der Waals surface area (Å²) in [6.07, 6.45) is -0.327. The summed E-state index contributed by atoms with van der Waals surface area (Å²) < 4.78 is 24.2. The summed E-state index contributed by atoms with van der Waals surface area (Å²) in [5.74, 6) is 0.511. The van der Waals surface area contributed by atoms with E-state index in [2.05, 4.69) is 18.3 Å². The molecule has 0 radical (unpaired) electrons. The molecule has 1 aliphatic heterocycles. The molecule has 0 saturated carbocycles. The summed E-state index contributed by atoms with van der Waals surface area (Å²) in [6.45, 7) is 3.86. The topological polar surface area (TPSA) is 39.1 Å². The molecule has 0 spiro atoms. The van der Waals surface area contributed by atoms with Gasteiger partial charge < -0.3 is 5.32 Å². The van der Waals surface area contributed by atoms with Gasteiger partial charge in [0.05, 0.1) is 19.2 Å². The van der Waals surface area contributed by atoms with Crippen molar-refractivity contribution in [1.82, 2.24) is 10.2 Å². The normalized spacial score (nSPS) is 26.9. The van der Waals surface area contributed by atoms with Gasteiger partial charge in [-0.2, -0.15) is 5.26 Å². The number of likely N-dealkylation sites (tertiary alicyclic amines) is 1. The van der Waals surface area contributed by atoms with E-state index in [0.717, 1.165) is 19.4 Å². The maximum absolute atomic E-state index is 12.1. The highest BCUT2D eigenvalue weighted by molar-refractivity contribution is 4.87. The maximum Gasteiger partial charge on any atom is 0.250 e. The zero-order valence-electron chi connectivity index (χ0n) is 9.63. The van der Waals surface area contributed by atoms with Crippen molar-refractivity contribution in [1.29, 1.82) is 5.26 Å². The molecule has 1 aliphatic rings. The lowest BCUT2D eigenvalue weighted by Gasteiger charge is -2.36. The second kappa shape index (κ2) is 6.77. The Morgan fingerprint density at radius 2 is 2.25 bits per heavy atom.